The molecule has 0 aliphatic heterocycles. The quantitative estimate of drug-likeness (QED) is 0.917. The molecule has 0 saturated carbocycles. The first-order chi connectivity index (χ1) is 8.99. The molecule has 1 unspecified atom stereocenters. The Hall–Kier alpha value is -2.10. The van der Waals surface area contributed by atoms with E-state index >= 15 is 0 Å². The average Bonchev–Trinajstić information content (AvgIpc) is 2.76. The van der Waals surface area contributed by atoms with E-state index in [1.165, 1.54) is 11.1 Å². The van der Waals surface area contributed by atoms with Gasteiger partial charge in [-0.15, -0.1) is 0 Å². The van der Waals surface area contributed by atoms with Crippen molar-refractivity contribution in [2.45, 2.75) is 26.2 Å². The number of nitrogens with zero attached hydrogens (tertiary/aromatic N) is 2. The molecule has 0 aliphatic carbocycles. The second-order valence-corrected chi connectivity index (χ2v) is 4.89. The molecule has 2 aromatic rings. The minimum Gasteiger partial charge on any atom is -0.481 e. The largest absolute Gasteiger partial charge is 0.481 e. The molecule has 0 spiro atoms. The molecular weight excluding hydrogens is 240 g/mol. The first-order valence-electron chi connectivity index (χ1n) is 6.25. The predicted octanol–water partition coefficient (Wildman–Crippen LogP) is 2.64. The Labute approximate surface area is 112 Å². The third kappa shape index (κ3) is 2.84. The molecule has 0 aliphatic rings. The molecule has 100 valence electrons. The van der Waals surface area contributed by atoms with Crippen LogP contribution in [0.15, 0.2) is 30.6 Å². The predicted molar refractivity (Wildman–Crippen MR) is 73.2 cm³/mol. The van der Waals surface area contributed by atoms with Crippen LogP contribution in [0.3, 0.4) is 0 Å². The number of benzene rings is 1. The topological polar surface area (TPSA) is 55.1 Å². The molecule has 19 heavy (non-hydrogen) atoms. The van der Waals surface area contributed by atoms with Crippen molar-refractivity contribution >= 4 is 5.97 Å². The Kier molecular flexibility index (Phi) is 3.69. The van der Waals surface area contributed by atoms with Gasteiger partial charge in [0.05, 0.1) is 12.3 Å². The Bertz CT molecular complexity index is 602. The molecule has 1 N–H and O–H groups in total. The van der Waals surface area contributed by atoms with Gasteiger partial charge in [0.1, 0.15) is 5.82 Å². The van der Waals surface area contributed by atoms with E-state index in [-0.39, 0.29) is 12.3 Å². The van der Waals surface area contributed by atoms with E-state index in [4.69, 9.17) is 5.11 Å². The maximum Gasteiger partial charge on any atom is 0.304 e. The van der Waals surface area contributed by atoms with Crippen molar-refractivity contribution in [3.8, 4) is 0 Å². The van der Waals surface area contributed by atoms with Crippen LogP contribution in [0.25, 0.3) is 0 Å². The highest BCUT2D eigenvalue weighted by Gasteiger charge is 2.21. The van der Waals surface area contributed by atoms with E-state index in [0.29, 0.717) is 0 Å². The van der Waals surface area contributed by atoms with Crippen molar-refractivity contribution in [2.75, 3.05) is 0 Å². The summed E-state index contributed by atoms with van der Waals surface area (Å²) in [7, 11) is 1.89. The van der Waals surface area contributed by atoms with Gasteiger partial charge in [0.15, 0.2) is 0 Å². The maximum absolute atomic E-state index is 11.1. The number of imidazole rings is 1. The summed E-state index contributed by atoms with van der Waals surface area (Å²) in [5.74, 6) is -0.242. The van der Waals surface area contributed by atoms with Gasteiger partial charge in [0.2, 0.25) is 0 Å². The molecule has 1 aromatic heterocycles. The molecule has 0 fully saturated rings. The molecule has 1 aromatic carbocycles. The zero-order valence-corrected chi connectivity index (χ0v) is 11.4. The summed E-state index contributed by atoms with van der Waals surface area (Å²) in [6, 6.07) is 6.07. The van der Waals surface area contributed by atoms with Gasteiger partial charge in [-0.3, -0.25) is 4.79 Å². The van der Waals surface area contributed by atoms with Gasteiger partial charge in [-0.1, -0.05) is 18.2 Å². The standard InChI is InChI=1S/C15H18N2O2/c1-10-4-5-12(8-11(10)2)13(9-14(18)19)15-16-6-7-17(15)3/h4-8,13H,9H2,1-3H3,(H,18,19). The number of carbonyl (C=O) groups is 1. The zero-order chi connectivity index (χ0) is 14.0. The van der Waals surface area contributed by atoms with Crippen molar-refractivity contribution in [2.24, 2.45) is 7.05 Å². The number of aryl methyl sites for hydroxylation is 3. The Morgan fingerprint density at radius 3 is 2.63 bits per heavy atom. The van der Waals surface area contributed by atoms with Crippen LogP contribution < -0.4 is 0 Å². The summed E-state index contributed by atoms with van der Waals surface area (Å²) >= 11 is 0. The SMILES string of the molecule is Cc1ccc(C(CC(=O)O)c2nccn2C)cc1C. The van der Waals surface area contributed by atoms with Crippen LogP contribution in [0, 0.1) is 13.8 Å². The van der Waals surface area contributed by atoms with Crippen LogP contribution in [-0.4, -0.2) is 20.6 Å². The Morgan fingerprint density at radius 1 is 1.37 bits per heavy atom. The fourth-order valence-corrected chi connectivity index (χ4v) is 2.23. The minimum atomic E-state index is -0.814. The van der Waals surface area contributed by atoms with E-state index in [2.05, 4.69) is 11.1 Å². The van der Waals surface area contributed by atoms with E-state index in [1.807, 2.05) is 43.8 Å². The first-order valence-corrected chi connectivity index (χ1v) is 6.25. The lowest BCUT2D eigenvalue weighted by Crippen LogP contribution is -2.12. The van der Waals surface area contributed by atoms with Gasteiger partial charge in [0, 0.05) is 19.4 Å². The summed E-state index contributed by atoms with van der Waals surface area (Å²) in [6.45, 7) is 4.08. The van der Waals surface area contributed by atoms with Gasteiger partial charge < -0.3 is 9.67 Å². The number of rotatable bonds is 4. The van der Waals surface area contributed by atoms with Crippen LogP contribution in [-0.2, 0) is 11.8 Å². The molecule has 2 rings (SSSR count). The van der Waals surface area contributed by atoms with Crippen LogP contribution in [0.1, 0.15) is 34.9 Å². The fourth-order valence-electron chi connectivity index (χ4n) is 2.23. The fraction of sp³-hybridized carbons (Fsp3) is 0.333. The Balaban J connectivity index is 2.45. The molecule has 4 heteroatoms. The van der Waals surface area contributed by atoms with Crippen LogP contribution in [0.2, 0.25) is 0 Å². The highest BCUT2D eigenvalue weighted by Crippen LogP contribution is 2.28. The highest BCUT2D eigenvalue weighted by atomic mass is 16.4. The van der Waals surface area contributed by atoms with Crippen molar-refractivity contribution in [1.29, 1.82) is 0 Å². The number of carboxylic acids is 1. The van der Waals surface area contributed by atoms with Gasteiger partial charge in [-0.25, -0.2) is 4.98 Å². The van der Waals surface area contributed by atoms with E-state index in [1.54, 1.807) is 6.20 Å². The molecule has 0 saturated heterocycles. The smallest absolute Gasteiger partial charge is 0.304 e. The normalized spacial score (nSPS) is 12.4. The van der Waals surface area contributed by atoms with Crippen LogP contribution in [0.4, 0.5) is 0 Å². The molecule has 0 radical (unpaired) electrons. The minimum absolute atomic E-state index is 0.0490. The lowest BCUT2D eigenvalue weighted by molar-refractivity contribution is -0.137. The summed E-state index contributed by atoms with van der Waals surface area (Å²) in [4.78, 5) is 15.4. The van der Waals surface area contributed by atoms with Crippen molar-refractivity contribution in [3.05, 3.63) is 53.1 Å². The maximum atomic E-state index is 11.1. The third-order valence-corrected chi connectivity index (χ3v) is 3.48. The second kappa shape index (κ2) is 5.26. The lowest BCUT2D eigenvalue weighted by atomic mass is 9.92. The molecule has 0 bridgehead atoms. The number of carboxylic acid groups (broad SMARTS) is 1. The molecule has 1 atom stereocenters. The zero-order valence-electron chi connectivity index (χ0n) is 11.4. The Morgan fingerprint density at radius 2 is 2.11 bits per heavy atom. The summed E-state index contributed by atoms with van der Waals surface area (Å²) in [5.41, 5.74) is 3.37. The van der Waals surface area contributed by atoms with Gasteiger partial charge in [-0.2, -0.15) is 0 Å². The highest BCUT2D eigenvalue weighted by molar-refractivity contribution is 5.68. The first kappa shape index (κ1) is 13.3. The van der Waals surface area contributed by atoms with Crippen LogP contribution in [0.5, 0.6) is 0 Å². The molecule has 1 heterocycles. The van der Waals surface area contributed by atoms with Gasteiger partial charge >= 0.3 is 5.97 Å². The summed E-state index contributed by atoms with van der Waals surface area (Å²) in [5, 5.41) is 9.12. The van der Waals surface area contributed by atoms with Gasteiger partial charge in [-0.05, 0) is 30.5 Å². The average molecular weight is 258 g/mol. The van der Waals surface area contributed by atoms with Crippen LogP contribution >= 0.6 is 0 Å². The van der Waals surface area contributed by atoms with Crippen molar-refractivity contribution in [3.63, 3.8) is 0 Å². The summed E-state index contributed by atoms with van der Waals surface area (Å²) < 4.78 is 1.88. The van der Waals surface area contributed by atoms with Crippen molar-refractivity contribution in [1.82, 2.24) is 9.55 Å². The van der Waals surface area contributed by atoms with Gasteiger partial charge in [0.25, 0.3) is 0 Å². The number of aliphatic carboxylic acids is 1. The lowest BCUT2D eigenvalue weighted by Gasteiger charge is -2.16. The number of hydrogen-bond acceptors (Lipinski definition) is 2. The number of aromatic nitrogens is 2. The molecule has 4 nitrogen and oxygen atoms in total. The molecular formula is C15H18N2O2. The van der Waals surface area contributed by atoms with E-state index in [9.17, 15) is 4.79 Å². The van der Waals surface area contributed by atoms with Crippen molar-refractivity contribution < 1.29 is 9.90 Å². The van der Waals surface area contributed by atoms with E-state index in [0.717, 1.165) is 11.4 Å². The van der Waals surface area contributed by atoms with E-state index < -0.39 is 5.97 Å². The summed E-state index contributed by atoms with van der Waals surface area (Å²) in [6.07, 6.45) is 3.59. The second-order valence-electron chi connectivity index (χ2n) is 4.89. The molecule has 0 amide bonds. The number of hydrogen-bond donors (Lipinski definition) is 1. The third-order valence-electron chi connectivity index (χ3n) is 3.48. The monoisotopic (exact) mass is 258 g/mol.